The first-order valence-corrected chi connectivity index (χ1v) is 11.1. The summed E-state index contributed by atoms with van der Waals surface area (Å²) in [5.41, 5.74) is 1.82. The predicted molar refractivity (Wildman–Crippen MR) is 105 cm³/mol. The van der Waals surface area contributed by atoms with Gasteiger partial charge in [0.1, 0.15) is 11.5 Å². The Hall–Kier alpha value is -2.54. The number of amides is 1. The molecule has 1 fully saturated rings. The van der Waals surface area contributed by atoms with Crippen molar-refractivity contribution in [2.45, 2.75) is 50.1 Å². The first-order valence-electron chi connectivity index (χ1n) is 9.57. The topological polar surface area (TPSA) is 81.7 Å². The average molecular weight is 401 g/mol. The maximum atomic E-state index is 12.8. The summed E-state index contributed by atoms with van der Waals surface area (Å²) in [6, 6.07) is 14.8. The fourth-order valence-electron chi connectivity index (χ4n) is 3.74. The van der Waals surface area contributed by atoms with Crippen molar-refractivity contribution in [1.82, 2.24) is 4.72 Å². The van der Waals surface area contributed by atoms with Crippen molar-refractivity contribution in [2.75, 3.05) is 0 Å². The maximum Gasteiger partial charge on any atom is 0.322 e. The van der Waals surface area contributed by atoms with E-state index in [0.29, 0.717) is 30.8 Å². The number of fused-ring (bicyclic) bond motifs is 2. The van der Waals surface area contributed by atoms with Gasteiger partial charge in [-0.3, -0.25) is 4.79 Å². The van der Waals surface area contributed by atoms with Gasteiger partial charge in [0.05, 0.1) is 5.25 Å². The number of hydrogen-bond acceptors (Lipinski definition) is 5. The first kappa shape index (κ1) is 18.8. The van der Waals surface area contributed by atoms with Gasteiger partial charge in [-0.05, 0) is 36.1 Å². The van der Waals surface area contributed by atoms with Crippen molar-refractivity contribution < 1.29 is 22.7 Å². The quantitative estimate of drug-likeness (QED) is 0.854. The zero-order valence-electron chi connectivity index (χ0n) is 15.5. The highest BCUT2D eigenvalue weighted by Gasteiger charge is 2.34. The number of benzene rings is 2. The number of nitrogens with one attached hydrogen (secondary N) is 1. The molecule has 7 heteroatoms. The molecule has 0 aromatic heterocycles. The zero-order valence-corrected chi connectivity index (χ0v) is 16.3. The van der Waals surface area contributed by atoms with Crippen LogP contribution in [0.2, 0.25) is 0 Å². The van der Waals surface area contributed by atoms with Crippen LogP contribution in [-0.2, 0) is 21.2 Å². The molecule has 1 amide bonds. The van der Waals surface area contributed by atoms with Gasteiger partial charge in [-0.25, -0.2) is 13.1 Å². The molecule has 2 aromatic carbocycles. The number of carbonyl (C=O) groups excluding carboxylic acids is 1. The molecule has 4 rings (SSSR count). The molecule has 148 valence electrons. The summed E-state index contributed by atoms with van der Waals surface area (Å²) in [4.78, 5) is 12.8. The van der Waals surface area contributed by atoms with Crippen LogP contribution >= 0.6 is 0 Å². The molecule has 1 N–H and O–H groups in total. The molecule has 0 atom stereocenters. The summed E-state index contributed by atoms with van der Waals surface area (Å²) < 4.78 is 39.1. The summed E-state index contributed by atoms with van der Waals surface area (Å²) in [5, 5.41) is -0.543. The fraction of sp³-hybridized carbons (Fsp3) is 0.381. The highest BCUT2D eigenvalue weighted by molar-refractivity contribution is 7.90. The van der Waals surface area contributed by atoms with E-state index in [1.807, 2.05) is 24.3 Å². The van der Waals surface area contributed by atoms with Crippen LogP contribution in [0.3, 0.4) is 0 Å². The molecule has 2 aromatic rings. The van der Waals surface area contributed by atoms with E-state index < -0.39 is 27.5 Å². The molecule has 1 aliphatic carbocycles. The van der Waals surface area contributed by atoms with Gasteiger partial charge in [-0.15, -0.1) is 0 Å². The Morgan fingerprint density at radius 3 is 1.96 bits per heavy atom. The molecule has 0 spiro atoms. The number of sulfonamides is 1. The smallest absolute Gasteiger partial charge is 0.322 e. The summed E-state index contributed by atoms with van der Waals surface area (Å²) in [5.74, 6) is 0.205. The van der Waals surface area contributed by atoms with Gasteiger partial charge < -0.3 is 9.47 Å². The molecule has 1 heterocycles. The molecular formula is C21H23NO5S. The second kappa shape index (κ2) is 7.83. The summed E-state index contributed by atoms with van der Waals surface area (Å²) in [6.07, 6.45) is 3.10. The molecule has 1 saturated carbocycles. The lowest BCUT2D eigenvalue weighted by Gasteiger charge is -2.27. The van der Waals surface area contributed by atoms with E-state index in [1.165, 1.54) is 0 Å². The van der Waals surface area contributed by atoms with Gasteiger partial charge in [-0.1, -0.05) is 55.7 Å². The monoisotopic (exact) mass is 401 g/mol. The van der Waals surface area contributed by atoms with Crippen LogP contribution in [-0.4, -0.2) is 25.9 Å². The largest absolute Gasteiger partial charge is 0.446 e. The molecule has 1 aliphatic heterocycles. The van der Waals surface area contributed by atoms with Crippen molar-refractivity contribution in [3.8, 4) is 11.5 Å². The number of ether oxygens (including phenoxy) is 2. The minimum atomic E-state index is -3.77. The third-order valence-electron chi connectivity index (χ3n) is 5.24. The number of para-hydroxylation sites is 2. The second-order valence-electron chi connectivity index (χ2n) is 7.23. The first-order chi connectivity index (χ1) is 13.5. The van der Waals surface area contributed by atoms with Crippen molar-refractivity contribution in [1.29, 1.82) is 0 Å². The molecule has 0 bridgehead atoms. The van der Waals surface area contributed by atoms with Crippen LogP contribution in [0, 0.1) is 0 Å². The van der Waals surface area contributed by atoms with Crippen LogP contribution < -0.4 is 14.2 Å². The second-order valence-corrected chi connectivity index (χ2v) is 9.19. The predicted octanol–water partition coefficient (Wildman–Crippen LogP) is 3.15. The Bertz CT molecular complexity index is 919. The van der Waals surface area contributed by atoms with E-state index in [-0.39, 0.29) is 0 Å². The van der Waals surface area contributed by atoms with E-state index in [4.69, 9.17) is 9.47 Å². The minimum Gasteiger partial charge on any atom is -0.446 e. The van der Waals surface area contributed by atoms with Crippen LogP contribution in [0.5, 0.6) is 11.5 Å². The van der Waals surface area contributed by atoms with Crippen molar-refractivity contribution in [2.24, 2.45) is 0 Å². The van der Waals surface area contributed by atoms with E-state index in [9.17, 15) is 13.2 Å². The third-order valence-corrected chi connectivity index (χ3v) is 7.08. The summed E-state index contributed by atoms with van der Waals surface area (Å²) >= 11 is 0. The molecule has 2 aliphatic rings. The van der Waals surface area contributed by atoms with E-state index in [1.54, 1.807) is 24.3 Å². The fourth-order valence-corrected chi connectivity index (χ4v) is 5.24. The Labute approximate surface area is 164 Å². The van der Waals surface area contributed by atoms with Crippen LogP contribution in [0.4, 0.5) is 0 Å². The van der Waals surface area contributed by atoms with E-state index >= 15 is 0 Å². The van der Waals surface area contributed by atoms with Gasteiger partial charge in [0.15, 0.2) is 0 Å². The maximum absolute atomic E-state index is 12.8. The lowest BCUT2D eigenvalue weighted by molar-refractivity contribution is -0.138. The SMILES string of the molecule is O=C(NS(=O)(=O)C1CCCCC1)C1Oc2ccccc2Cc2ccccc2O1. The number of carbonyl (C=O) groups is 1. The Morgan fingerprint density at radius 2 is 1.39 bits per heavy atom. The summed E-state index contributed by atoms with van der Waals surface area (Å²) in [6.45, 7) is 0. The van der Waals surface area contributed by atoms with Crippen LogP contribution in [0.25, 0.3) is 0 Å². The van der Waals surface area contributed by atoms with Crippen LogP contribution in [0.1, 0.15) is 43.2 Å². The highest BCUT2D eigenvalue weighted by Crippen LogP contribution is 2.31. The number of rotatable bonds is 3. The van der Waals surface area contributed by atoms with E-state index in [2.05, 4.69) is 4.72 Å². The van der Waals surface area contributed by atoms with Gasteiger partial charge >= 0.3 is 12.2 Å². The lowest BCUT2D eigenvalue weighted by Crippen LogP contribution is -2.48. The molecule has 6 nitrogen and oxygen atoms in total. The van der Waals surface area contributed by atoms with Crippen LogP contribution in [0.15, 0.2) is 48.5 Å². The highest BCUT2D eigenvalue weighted by atomic mass is 32.2. The van der Waals surface area contributed by atoms with Gasteiger partial charge in [0.2, 0.25) is 10.0 Å². The third kappa shape index (κ3) is 3.99. The Kier molecular flexibility index (Phi) is 5.26. The van der Waals surface area contributed by atoms with Crippen molar-refractivity contribution >= 4 is 15.9 Å². The van der Waals surface area contributed by atoms with E-state index in [0.717, 1.165) is 30.4 Å². The normalized spacial score (nSPS) is 17.9. The minimum absolute atomic E-state index is 0.507. The Morgan fingerprint density at radius 1 is 0.857 bits per heavy atom. The Balaban J connectivity index is 1.60. The van der Waals surface area contributed by atoms with Gasteiger partial charge in [0.25, 0.3) is 0 Å². The summed E-state index contributed by atoms with van der Waals surface area (Å²) in [7, 11) is -3.77. The van der Waals surface area contributed by atoms with Crippen molar-refractivity contribution in [3.05, 3.63) is 59.7 Å². The van der Waals surface area contributed by atoms with Crippen molar-refractivity contribution in [3.63, 3.8) is 0 Å². The molecule has 0 unspecified atom stereocenters. The molecule has 0 saturated heterocycles. The van der Waals surface area contributed by atoms with Gasteiger partial charge in [-0.2, -0.15) is 0 Å². The lowest BCUT2D eigenvalue weighted by atomic mass is 10.0. The molecular weight excluding hydrogens is 378 g/mol. The number of hydrogen-bond donors (Lipinski definition) is 1. The molecule has 28 heavy (non-hydrogen) atoms. The van der Waals surface area contributed by atoms with Gasteiger partial charge in [0, 0.05) is 6.42 Å². The molecule has 0 radical (unpaired) electrons. The average Bonchev–Trinajstić information content (AvgIpc) is 2.68. The zero-order chi connectivity index (χ0) is 19.6. The standard InChI is InChI=1S/C21H23NO5S/c23-20(22-28(24,25)17-10-2-1-3-11-17)21-26-18-12-6-4-8-15(18)14-16-9-5-7-13-19(16)27-21/h4-9,12-13,17,21H,1-3,10-11,14H2,(H,22,23).